The van der Waals surface area contributed by atoms with Gasteiger partial charge in [-0.1, -0.05) is 19.3 Å². The zero-order valence-corrected chi connectivity index (χ0v) is 13.8. The van der Waals surface area contributed by atoms with Crippen LogP contribution in [0.2, 0.25) is 0 Å². The van der Waals surface area contributed by atoms with Crippen molar-refractivity contribution < 1.29 is 9.59 Å². The van der Waals surface area contributed by atoms with Crippen LogP contribution < -0.4 is 16.4 Å². The van der Waals surface area contributed by atoms with E-state index in [9.17, 15) is 9.59 Å². The van der Waals surface area contributed by atoms with Gasteiger partial charge in [0.1, 0.15) is 0 Å². The van der Waals surface area contributed by atoms with Crippen LogP contribution in [-0.4, -0.2) is 30.9 Å². The monoisotopic (exact) mass is 319 g/mol. The topological polar surface area (TPSA) is 84.2 Å². The van der Waals surface area contributed by atoms with Gasteiger partial charge in [-0.2, -0.15) is 0 Å². The van der Waals surface area contributed by atoms with Gasteiger partial charge in [0, 0.05) is 25.9 Å². The maximum Gasteiger partial charge on any atom is 0.220 e. The first-order valence-electron chi connectivity index (χ1n) is 7.87. The normalized spacial score (nSPS) is 21.2. The summed E-state index contributed by atoms with van der Waals surface area (Å²) >= 11 is 0. The molecule has 2 atom stereocenters. The van der Waals surface area contributed by atoms with Crippen molar-refractivity contribution in [3.63, 3.8) is 0 Å². The summed E-state index contributed by atoms with van der Waals surface area (Å²) in [4.78, 5) is 22.6. The second kappa shape index (κ2) is 11.8. The van der Waals surface area contributed by atoms with Gasteiger partial charge in [-0.25, -0.2) is 0 Å². The van der Waals surface area contributed by atoms with E-state index in [1.807, 2.05) is 0 Å². The van der Waals surface area contributed by atoms with Crippen molar-refractivity contribution in [2.75, 3.05) is 13.1 Å². The van der Waals surface area contributed by atoms with Crippen molar-refractivity contribution in [2.24, 2.45) is 11.7 Å². The summed E-state index contributed by atoms with van der Waals surface area (Å²) in [5.74, 6) is 0.607. The van der Waals surface area contributed by atoms with E-state index in [0.717, 1.165) is 32.1 Å². The third kappa shape index (κ3) is 8.94. The summed E-state index contributed by atoms with van der Waals surface area (Å²) in [7, 11) is 0. The number of amides is 2. The lowest BCUT2D eigenvalue weighted by molar-refractivity contribution is -0.122. The largest absolute Gasteiger partial charge is 0.356 e. The summed E-state index contributed by atoms with van der Waals surface area (Å²) in [6.45, 7) is 2.89. The van der Waals surface area contributed by atoms with Crippen LogP contribution in [-0.2, 0) is 9.59 Å². The van der Waals surface area contributed by atoms with Crippen LogP contribution >= 0.6 is 12.4 Å². The number of carbonyl (C=O) groups excluding carboxylic acids is 2. The predicted molar refractivity (Wildman–Crippen MR) is 87.3 cm³/mol. The van der Waals surface area contributed by atoms with Crippen LogP contribution in [0.1, 0.15) is 58.3 Å². The molecule has 0 aromatic heterocycles. The molecule has 1 fully saturated rings. The van der Waals surface area contributed by atoms with Gasteiger partial charge in [0.25, 0.3) is 0 Å². The first kappa shape index (κ1) is 20.2. The van der Waals surface area contributed by atoms with Gasteiger partial charge in [-0.05, 0) is 38.1 Å². The van der Waals surface area contributed by atoms with Crippen molar-refractivity contribution in [3.8, 4) is 0 Å². The fourth-order valence-corrected chi connectivity index (χ4v) is 2.81. The molecule has 21 heavy (non-hydrogen) atoms. The predicted octanol–water partition coefficient (Wildman–Crippen LogP) is 1.74. The molecule has 0 aromatic rings. The third-order valence-corrected chi connectivity index (χ3v) is 4.01. The number of nitrogens with one attached hydrogen (secondary N) is 2. The standard InChI is InChI=1S/C15H29N3O2.ClH/c1-12(19)17-10-6-2-3-9-15(20)18-14-8-5-4-7-13(14)11-16;/h13-14H,2-11,16H2,1H3,(H,17,19)(H,18,20);1H. The highest BCUT2D eigenvalue weighted by Gasteiger charge is 2.24. The van der Waals surface area contributed by atoms with E-state index in [1.165, 1.54) is 19.8 Å². The van der Waals surface area contributed by atoms with E-state index in [2.05, 4.69) is 10.6 Å². The maximum absolute atomic E-state index is 11.9. The smallest absolute Gasteiger partial charge is 0.220 e. The Hall–Kier alpha value is -0.810. The summed E-state index contributed by atoms with van der Waals surface area (Å²) in [5, 5.41) is 5.90. The summed E-state index contributed by atoms with van der Waals surface area (Å²) in [6.07, 6.45) is 7.99. The third-order valence-electron chi connectivity index (χ3n) is 4.01. The number of hydrogen-bond donors (Lipinski definition) is 3. The molecule has 1 aliphatic rings. The van der Waals surface area contributed by atoms with Crippen LogP contribution in [0.25, 0.3) is 0 Å². The molecule has 4 N–H and O–H groups in total. The number of rotatable bonds is 8. The quantitative estimate of drug-likeness (QED) is 0.596. The van der Waals surface area contributed by atoms with Gasteiger partial charge >= 0.3 is 0 Å². The molecule has 0 bridgehead atoms. The molecular weight excluding hydrogens is 290 g/mol. The molecule has 0 spiro atoms. The average Bonchev–Trinajstić information content (AvgIpc) is 2.43. The van der Waals surface area contributed by atoms with Crippen molar-refractivity contribution >= 4 is 24.2 Å². The number of unbranched alkanes of at least 4 members (excludes halogenated alkanes) is 2. The number of hydrogen-bond acceptors (Lipinski definition) is 3. The van der Waals surface area contributed by atoms with Crippen LogP contribution in [0, 0.1) is 5.92 Å². The molecule has 124 valence electrons. The molecule has 0 aromatic carbocycles. The Kier molecular flexibility index (Phi) is 11.4. The van der Waals surface area contributed by atoms with E-state index in [4.69, 9.17) is 5.73 Å². The van der Waals surface area contributed by atoms with Crippen LogP contribution in [0.4, 0.5) is 0 Å². The minimum atomic E-state index is 0. The lowest BCUT2D eigenvalue weighted by Gasteiger charge is -2.31. The Morgan fingerprint density at radius 3 is 2.52 bits per heavy atom. The second-order valence-electron chi connectivity index (χ2n) is 5.75. The van der Waals surface area contributed by atoms with Crippen molar-refractivity contribution in [3.05, 3.63) is 0 Å². The molecule has 6 heteroatoms. The van der Waals surface area contributed by atoms with Crippen LogP contribution in [0.3, 0.4) is 0 Å². The molecule has 0 radical (unpaired) electrons. The Labute approximate surface area is 134 Å². The highest BCUT2D eigenvalue weighted by molar-refractivity contribution is 5.85. The zero-order valence-electron chi connectivity index (χ0n) is 13.0. The van der Waals surface area contributed by atoms with Gasteiger partial charge < -0.3 is 16.4 Å². The lowest BCUT2D eigenvalue weighted by Crippen LogP contribution is -2.44. The first-order valence-corrected chi connectivity index (χ1v) is 7.87. The second-order valence-corrected chi connectivity index (χ2v) is 5.75. The molecule has 2 unspecified atom stereocenters. The van der Waals surface area contributed by atoms with Gasteiger partial charge in [0.2, 0.25) is 11.8 Å². The van der Waals surface area contributed by atoms with Gasteiger partial charge in [0.05, 0.1) is 0 Å². The Bertz CT molecular complexity index is 313. The van der Waals surface area contributed by atoms with E-state index >= 15 is 0 Å². The van der Waals surface area contributed by atoms with Crippen molar-refractivity contribution in [1.82, 2.24) is 10.6 Å². The molecule has 1 saturated carbocycles. The SMILES string of the molecule is CC(=O)NCCCCCC(=O)NC1CCCCC1CN.Cl. The Balaban J connectivity index is 0.00000400. The summed E-state index contributed by atoms with van der Waals surface area (Å²) in [5.41, 5.74) is 5.76. The number of nitrogens with two attached hydrogens (primary N) is 1. The van der Waals surface area contributed by atoms with E-state index in [-0.39, 0.29) is 30.3 Å². The van der Waals surface area contributed by atoms with Crippen molar-refractivity contribution in [2.45, 2.75) is 64.3 Å². The number of halogens is 1. The van der Waals surface area contributed by atoms with E-state index in [0.29, 0.717) is 25.4 Å². The molecule has 5 nitrogen and oxygen atoms in total. The van der Waals surface area contributed by atoms with Crippen LogP contribution in [0.5, 0.6) is 0 Å². The summed E-state index contributed by atoms with van der Waals surface area (Å²) in [6, 6.07) is 0.278. The van der Waals surface area contributed by atoms with Crippen molar-refractivity contribution in [1.29, 1.82) is 0 Å². The fraction of sp³-hybridized carbons (Fsp3) is 0.867. The molecule has 1 rings (SSSR count). The van der Waals surface area contributed by atoms with Crippen LogP contribution in [0.15, 0.2) is 0 Å². The number of carbonyl (C=O) groups is 2. The Morgan fingerprint density at radius 1 is 1.14 bits per heavy atom. The van der Waals surface area contributed by atoms with Gasteiger partial charge in [-0.3, -0.25) is 9.59 Å². The van der Waals surface area contributed by atoms with Gasteiger partial charge in [0.15, 0.2) is 0 Å². The van der Waals surface area contributed by atoms with E-state index in [1.54, 1.807) is 0 Å². The minimum Gasteiger partial charge on any atom is -0.356 e. The molecular formula is C15H30ClN3O2. The summed E-state index contributed by atoms with van der Waals surface area (Å²) < 4.78 is 0. The molecule has 0 saturated heterocycles. The molecule has 0 aliphatic heterocycles. The molecule has 1 aliphatic carbocycles. The average molecular weight is 320 g/mol. The lowest BCUT2D eigenvalue weighted by atomic mass is 9.84. The maximum atomic E-state index is 11.9. The van der Waals surface area contributed by atoms with E-state index < -0.39 is 0 Å². The molecule has 0 heterocycles. The zero-order chi connectivity index (χ0) is 14.8. The highest BCUT2D eigenvalue weighted by Crippen LogP contribution is 2.23. The minimum absolute atomic E-state index is 0. The van der Waals surface area contributed by atoms with Gasteiger partial charge in [-0.15, -0.1) is 12.4 Å². The fourth-order valence-electron chi connectivity index (χ4n) is 2.81. The highest BCUT2D eigenvalue weighted by atomic mass is 35.5. The molecule has 2 amide bonds. The first-order chi connectivity index (χ1) is 9.63. The Morgan fingerprint density at radius 2 is 1.86 bits per heavy atom.